The van der Waals surface area contributed by atoms with E-state index in [2.05, 4.69) is 0 Å². The minimum absolute atomic E-state index is 0.161. The summed E-state index contributed by atoms with van der Waals surface area (Å²) in [7, 11) is 0. The third-order valence-electron chi connectivity index (χ3n) is 3.57. The number of hydrogen-bond acceptors (Lipinski definition) is 3. The van der Waals surface area contributed by atoms with Gasteiger partial charge in [0.15, 0.2) is 5.41 Å². The molecule has 1 atom stereocenters. The molecule has 1 aromatic carbocycles. The maximum absolute atomic E-state index is 12.3. The second-order valence-corrected chi connectivity index (χ2v) is 5.70. The zero-order chi connectivity index (χ0) is 15.9. The average molecular weight is 292 g/mol. The fraction of sp³-hybridized carbons (Fsp3) is 0.529. The number of hydrogen-bond donors (Lipinski definition) is 1. The molecule has 0 bridgehead atoms. The van der Waals surface area contributed by atoms with Crippen LogP contribution in [0.3, 0.4) is 0 Å². The molecule has 21 heavy (non-hydrogen) atoms. The molecule has 0 fully saturated rings. The smallest absolute Gasteiger partial charge is 0.323 e. The van der Waals surface area contributed by atoms with Crippen LogP contribution in [-0.2, 0) is 20.7 Å². The van der Waals surface area contributed by atoms with Crippen molar-refractivity contribution in [2.45, 2.75) is 40.0 Å². The van der Waals surface area contributed by atoms with E-state index in [-0.39, 0.29) is 19.4 Å². The predicted molar refractivity (Wildman–Crippen MR) is 80.9 cm³/mol. The molecular formula is C17H24O4. The SMILES string of the molecule is CCOC(=O)C(CCC(C)C)(Cc1ccccc1)C(=O)O. The Balaban J connectivity index is 3.10. The van der Waals surface area contributed by atoms with Crippen LogP contribution in [-0.4, -0.2) is 23.7 Å². The fourth-order valence-electron chi connectivity index (χ4n) is 2.28. The molecule has 0 heterocycles. The molecule has 0 saturated heterocycles. The van der Waals surface area contributed by atoms with Gasteiger partial charge in [0.1, 0.15) is 0 Å². The van der Waals surface area contributed by atoms with Crippen LogP contribution >= 0.6 is 0 Å². The summed E-state index contributed by atoms with van der Waals surface area (Å²) in [6, 6.07) is 9.23. The lowest BCUT2D eigenvalue weighted by Crippen LogP contribution is -2.43. The van der Waals surface area contributed by atoms with Gasteiger partial charge in [-0.1, -0.05) is 44.2 Å². The Hall–Kier alpha value is -1.84. The first kappa shape index (κ1) is 17.2. The molecule has 1 aromatic rings. The van der Waals surface area contributed by atoms with Crippen LogP contribution < -0.4 is 0 Å². The Bertz CT molecular complexity index is 467. The van der Waals surface area contributed by atoms with Gasteiger partial charge in [-0.25, -0.2) is 0 Å². The lowest BCUT2D eigenvalue weighted by atomic mass is 9.76. The third kappa shape index (κ3) is 4.59. The van der Waals surface area contributed by atoms with E-state index in [0.717, 1.165) is 5.56 Å². The van der Waals surface area contributed by atoms with Gasteiger partial charge >= 0.3 is 11.9 Å². The molecule has 0 aromatic heterocycles. The lowest BCUT2D eigenvalue weighted by molar-refractivity contribution is -0.169. The zero-order valence-electron chi connectivity index (χ0n) is 13.0. The highest BCUT2D eigenvalue weighted by Gasteiger charge is 2.47. The van der Waals surface area contributed by atoms with Gasteiger partial charge in [0.2, 0.25) is 0 Å². The topological polar surface area (TPSA) is 63.6 Å². The summed E-state index contributed by atoms with van der Waals surface area (Å²) >= 11 is 0. The molecule has 4 nitrogen and oxygen atoms in total. The number of aliphatic carboxylic acids is 1. The van der Waals surface area contributed by atoms with Gasteiger partial charge < -0.3 is 9.84 Å². The third-order valence-corrected chi connectivity index (χ3v) is 3.57. The predicted octanol–water partition coefficient (Wildman–Crippen LogP) is 3.30. The van der Waals surface area contributed by atoms with Crippen molar-refractivity contribution in [3.05, 3.63) is 35.9 Å². The Morgan fingerprint density at radius 2 is 1.86 bits per heavy atom. The van der Waals surface area contributed by atoms with Crippen LogP contribution in [0.15, 0.2) is 30.3 Å². The Labute approximate surface area is 126 Å². The molecule has 116 valence electrons. The average Bonchev–Trinajstić information content (AvgIpc) is 2.44. The first-order chi connectivity index (χ1) is 9.92. The summed E-state index contributed by atoms with van der Waals surface area (Å²) in [5, 5.41) is 9.69. The normalized spacial score (nSPS) is 13.7. The van der Waals surface area contributed by atoms with E-state index in [4.69, 9.17) is 4.74 Å². The van der Waals surface area contributed by atoms with E-state index in [1.807, 2.05) is 44.2 Å². The Kier molecular flexibility index (Phi) is 6.40. The van der Waals surface area contributed by atoms with Crippen molar-refractivity contribution < 1.29 is 19.4 Å². The number of rotatable bonds is 8. The van der Waals surface area contributed by atoms with Crippen molar-refractivity contribution in [1.29, 1.82) is 0 Å². The van der Waals surface area contributed by atoms with Crippen molar-refractivity contribution in [3.63, 3.8) is 0 Å². The minimum atomic E-state index is -1.50. The monoisotopic (exact) mass is 292 g/mol. The van der Waals surface area contributed by atoms with E-state index >= 15 is 0 Å². The summed E-state index contributed by atoms with van der Waals surface area (Å²) in [6.07, 6.45) is 1.11. The number of ether oxygens (including phenoxy) is 1. The van der Waals surface area contributed by atoms with Crippen LogP contribution in [0.1, 0.15) is 39.2 Å². The molecule has 0 saturated carbocycles. The molecular weight excluding hydrogens is 268 g/mol. The first-order valence-corrected chi connectivity index (χ1v) is 7.37. The summed E-state index contributed by atoms with van der Waals surface area (Å²) in [6.45, 7) is 5.90. The Morgan fingerprint density at radius 1 is 1.24 bits per heavy atom. The van der Waals surface area contributed by atoms with Crippen LogP contribution in [0, 0.1) is 11.3 Å². The number of carbonyl (C=O) groups excluding carboxylic acids is 1. The highest BCUT2D eigenvalue weighted by atomic mass is 16.5. The number of carboxylic acid groups (broad SMARTS) is 1. The maximum Gasteiger partial charge on any atom is 0.323 e. The Morgan fingerprint density at radius 3 is 2.33 bits per heavy atom. The molecule has 0 amide bonds. The molecule has 0 aliphatic rings. The van der Waals surface area contributed by atoms with E-state index in [0.29, 0.717) is 12.3 Å². The summed E-state index contributed by atoms with van der Waals surface area (Å²) in [4.78, 5) is 24.2. The number of benzene rings is 1. The number of carboxylic acids is 1. The molecule has 0 aliphatic carbocycles. The van der Waals surface area contributed by atoms with E-state index < -0.39 is 17.4 Å². The summed E-state index contributed by atoms with van der Waals surface area (Å²) in [5.74, 6) is -1.42. The molecule has 0 aliphatic heterocycles. The standard InChI is InChI=1S/C17H24O4/c1-4-21-16(20)17(15(18)19,11-10-13(2)3)12-14-8-6-5-7-9-14/h5-9,13H,4,10-12H2,1-3H3,(H,18,19). The van der Waals surface area contributed by atoms with Gasteiger partial charge in [-0.2, -0.15) is 0 Å². The van der Waals surface area contributed by atoms with E-state index in [9.17, 15) is 14.7 Å². The van der Waals surface area contributed by atoms with Gasteiger partial charge in [-0.3, -0.25) is 9.59 Å². The van der Waals surface area contributed by atoms with Gasteiger partial charge in [-0.05, 0) is 37.7 Å². The van der Waals surface area contributed by atoms with Gasteiger partial charge in [0.25, 0.3) is 0 Å². The van der Waals surface area contributed by atoms with Gasteiger partial charge in [0, 0.05) is 0 Å². The van der Waals surface area contributed by atoms with Crippen molar-refractivity contribution in [3.8, 4) is 0 Å². The van der Waals surface area contributed by atoms with Crippen molar-refractivity contribution in [1.82, 2.24) is 0 Å². The van der Waals surface area contributed by atoms with Gasteiger partial charge in [0.05, 0.1) is 6.61 Å². The highest BCUT2D eigenvalue weighted by Crippen LogP contribution is 2.32. The van der Waals surface area contributed by atoms with Crippen molar-refractivity contribution in [2.75, 3.05) is 6.61 Å². The van der Waals surface area contributed by atoms with Crippen molar-refractivity contribution in [2.24, 2.45) is 11.3 Å². The first-order valence-electron chi connectivity index (χ1n) is 7.37. The fourth-order valence-corrected chi connectivity index (χ4v) is 2.28. The molecule has 1 unspecified atom stereocenters. The minimum Gasteiger partial charge on any atom is -0.480 e. The van der Waals surface area contributed by atoms with Crippen LogP contribution in [0.2, 0.25) is 0 Å². The molecule has 0 spiro atoms. The second-order valence-electron chi connectivity index (χ2n) is 5.70. The zero-order valence-corrected chi connectivity index (χ0v) is 13.0. The molecule has 0 radical (unpaired) electrons. The van der Waals surface area contributed by atoms with Gasteiger partial charge in [-0.15, -0.1) is 0 Å². The lowest BCUT2D eigenvalue weighted by Gasteiger charge is -2.28. The van der Waals surface area contributed by atoms with Crippen molar-refractivity contribution >= 4 is 11.9 Å². The summed E-state index contributed by atoms with van der Waals surface area (Å²) < 4.78 is 5.05. The largest absolute Gasteiger partial charge is 0.480 e. The second kappa shape index (κ2) is 7.81. The molecule has 4 heteroatoms. The number of esters is 1. The number of carbonyl (C=O) groups is 2. The van der Waals surface area contributed by atoms with Crippen LogP contribution in [0.5, 0.6) is 0 Å². The highest BCUT2D eigenvalue weighted by molar-refractivity contribution is 5.99. The van der Waals surface area contributed by atoms with E-state index in [1.54, 1.807) is 6.92 Å². The molecule has 1 rings (SSSR count). The molecule has 1 N–H and O–H groups in total. The van der Waals surface area contributed by atoms with Crippen LogP contribution in [0.25, 0.3) is 0 Å². The van der Waals surface area contributed by atoms with E-state index in [1.165, 1.54) is 0 Å². The maximum atomic E-state index is 12.3. The van der Waals surface area contributed by atoms with Crippen LogP contribution in [0.4, 0.5) is 0 Å². The summed E-state index contributed by atoms with van der Waals surface area (Å²) in [5.41, 5.74) is -0.668. The quantitative estimate of drug-likeness (QED) is 0.590.